The topological polar surface area (TPSA) is 70.8 Å². The Morgan fingerprint density at radius 3 is 2.73 bits per heavy atom. The summed E-state index contributed by atoms with van der Waals surface area (Å²) < 4.78 is 10.0. The van der Waals surface area contributed by atoms with Crippen molar-refractivity contribution < 1.29 is 14.1 Å². The molecule has 0 radical (unpaired) electrons. The molecule has 2 heterocycles. The summed E-state index contributed by atoms with van der Waals surface area (Å²) in [5.74, 6) is 0.940. The zero-order valence-corrected chi connectivity index (χ0v) is 13.5. The van der Waals surface area contributed by atoms with Crippen molar-refractivity contribution in [2.75, 3.05) is 53.0 Å². The van der Waals surface area contributed by atoms with Gasteiger partial charge >= 0.3 is 0 Å². The van der Waals surface area contributed by atoms with Crippen LogP contribution >= 0.6 is 0 Å². The molecule has 0 spiro atoms. The molecular formula is C15H26N4O3. The number of carbonyl (C=O) groups excluding carboxylic acids is 1. The third kappa shape index (κ3) is 5.75. The number of nitrogens with one attached hydrogen (secondary N) is 1. The first kappa shape index (κ1) is 16.9. The lowest BCUT2D eigenvalue weighted by molar-refractivity contribution is -0.122. The van der Waals surface area contributed by atoms with Gasteiger partial charge in [-0.2, -0.15) is 0 Å². The molecule has 1 N–H and O–H groups in total. The predicted octanol–water partition coefficient (Wildman–Crippen LogP) is 0.253. The van der Waals surface area contributed by atoms with Gasteiger partial charge in [0, 0.05) is 59.1 Å². The molecule has 0 bridgehead atoms. The lowest BCUT2D eigenvalue weighted by atomic mass is 10.2. The fourth-order valence-electron chi connectivity index (χ4n) is 2.53. The molecule has 124 valence electrons. The van der Waals surface area contributed by atoms with Crippen LogP contribution in [0, 0.1) is 6.92 Å². The Morgan fingerprint density at radius 1 is 1.36 bits per heavy atom. The summed E-state index contributed by atoms with van der Waals surface area (Å²) in [4.78, 5) is 16.3. The van der Waals surface area contributed by atoms with Gasteiger partial charge in [0.25, 0.3) is 0 Å². The van der Waals surface area contributed by atoms with E-state index in [4.69, 9.17) is 9.26 Å². The van der Waals surface area contributed by atoms with Gasteiger partial charge < -0.3 is 14.6 Å². The number of methoxy groups -OCH3 is 1. The SMILES string of the molecule is COCCCNC(=O)CN1CCN(Cc2cc(C)on2)CC1. The first-order valence-corrected chi connectivity index (χ1v) is 7.80. The highest BCUT2D eigenvalue weighted by molar-refractivity contribution is 5.77. The molecule has 1 aromatic heterocycles. The van der Waals surface area contributed by atoms with Crippen LogP contribution < -0.4 is 5.32 Å². The molecule has 7 nitrogen and oxygen atoms in total. The first-order valence-electron chi connectivity index (χ1n) is 7.80. The second-order valence-electron chi connectivity index (χ2n) is 5.68. The molecule has 2 rings (SSSR count). The summed E-state index contributed by atoms with van der Waals surface area (Å²) in [5, 5.41) is 6.94. The highest BCUT2D eigenvalue weighted by atomic mass is 16.5. The Kier molecular flexibility index (Phi) is 6.82. The van der Waals surface area contributed by atoms with Crippen molar-refractivity contribution in [1.29, 1.82) is 0 Å². The number of aryl methyl sites for hydroxylation is 1. The molecule has 22 heavy (non-hydrogen) atoms. The number of aromatic nitrogens is 1. The van der Waals surface area contributed by atoms with Gasteiger partial charge in [-0.3, -0.25) is 14.6 Å². The largest absolute Gasteiger partial charge is 0.385 e. The van der Waals surface area contributed by atoms with Gasteiger partial charge in [-0.15, -0.1) is 0 Å². The van der Waals surface area contributed by atoms with Crippen molar-refractivity contribution in [3.63, 3.8) is 0 Å². The van der Waals surface area contributed by atoms with E-state index in [0.717, 1.165) is 50.6 Å². The number of ether oxygens (including phenoxy) is 1. The number of rotatable bonds is 8. The molecule has 0 saturated carbocycles. The van der Waals surface area contributed by atoms with Crippen LogP contribution in [0.2, 0.25) is 0 Å². The van der Waals surface area contributed by atoms with Gasteiger partial charge in [0.1, 0.15) is 5.76 Å². The molecule has 0 aromatic carbocycles. The fourth-order valence-corrected chi connectivity index (χ4v) is 2.53. The first-order chi connectivity index (χ1) is 10.7. The Bertz CT molecular complexity index is 455. The quantitative estimate of drug-likeness (QED) is 0.694. The Labute approximate surface area is 131 Å². The zero-order valence-electron chi connectivity index (χ0n) is 13.5. The standard InChI is InChI=1S/C15H26N4O3/c1-13-10-14(17-22-13)11-18-5-7-19(8-6-18)12-15(20)16-4-3-9-21-2/h10H,3-9,11-12H2,1-2H3,(H,16,20). The third-order valence-electron chi connectivity index (χ3n) is 3.74. The number of piperazine rings is 1. The van der Waals surface area contributed by atoms with Gasteiger partial charge in [-0.25, -0.2) is 0 Å². The van der Waals surface area contributed by atoms with E-state index in [9.17, 15) is 4.79 Å². The fraction of sp³-hybridized carbons (Fsp3) is 0.733. The second-order valence-corrected chi connectivity index (χ2v) is 5.68. The molecule has 7 heteroatoms. The molecule has 1 aliphatic rings. The summed E-state index contributed by atoms with van der Waals surface area (Å²) in [7, 11) is 1.67. The monoisotopic (exact) mass is 310 g/mol. The smallest absolute Gasteiger partial charge is 0.234 e. The maximum atomic E-state index is 11.8. The molecular weight excluding hydrogens is 284 g/mol. The van der Waals surface area contributed by atoms with E-state index in [0.29, 0.717) is 19.7 Å². The Morgan fingerprint density at radius 2 is 2.09 bits per heavy atom. The van der Waals surface area contributed by atoms with E-state index in [1.165, 1.54) is 0 Å². The number of nitrogens with zero attached hydrogens (tertiary/aromatic N) is 3. The molecule has 0 aliphatic carbocycles. The van der Waals surface area contributed by atoms with Gasteiger partial charge in [0.05, 0.1) is 12.2 Å². The van der Waals surface area contributed by atoms with Crippen molar-refractivity contribution in [2.45, 2.75) is 19.9 Å². The van der Waals surface area contributed by atoms with Crippen molar-refractivity contribution >= 4 is 5.91 Å². The summed E-state index contributed by atoms with van der Waals surface area (Å²) >= 11 is 0. The summed E-state index contributed by atoms with van der Waals surface area (Å²) in [6, 6.07) is 1.97. The van der Waals surface area contributed by atoms with Crippen LogP contribution in [-0.2, 0) is 16.1 Å². The summed E-state index contributed by atoms with van der Waals surface area (Å²) in [5.41, 5.74) is 0.974. The van der Waals surface area contributed by atoms with Crippen LogP contribution in [0.3, 0.4) is 0 Å². The second kappa shape index (κ2) is 8.87. The molecule has 1 aromatic rings. The molecule has 0 unspecified atom stereocenters. The van der Waals surface area contributed by atoms with Crippen LogP contribution in [0.25, 0.3) is 0 Å². The van der Waals surface area contributed by atoms with Gasteiger partial charge in [0.15, 0.2) is 0 Å². The minimum absolute atomic E-state index is 0.0941. The van der Waals surface area contributed by atoms with Gasteiger partial charge in [-0.05, 0) is 13.3 Å². The molecule has 1 aliphatic heterocycles. The van der Waals surface area contributed by atoms with E-state index in [-0.39, 0.29) is 5.91 Å². The minimum Gasteiger partial charge on any atom is -0.385 e. The van der Waals surface area contributed by atoms with Crippen molar-refractivity contribution in [2.24, 2.45) is 0 Å². The maximum absolute atomic E-state index is 11.8. The van der Waals surface area contributed by atoms with Crippen molar-refractivity contribution in [3.05, 3.63) is 17.5 Å². The summed E-state index contributed by atoms with van der Waals surface area (Å²) in [6.07, 6.45) is 0.854. The van der Waals surface area contributed by atoms with Crippen molar-refractivity contribution in [1.82, 2.24) is 20.3 Å². The van der Waals surface area contributed by atoms with E-state index in [1.54, 1.807) is 7.11 Å². The molecule has 1 saturated heterocycles. The number of amides is 1. The van der Waals surface area contributed by atoms with Gasteiger partial charge in [0.2, 0.25) is 5.91 Å². The lowest BCUT2D eigenvalue weighted by Gasteiger charge is -2.33. The van der Waals surface area contributed by atoms with E-state index in [2.05, 4.69) is 20.3 Å². The molecule has 1 amide bonds. The van der Waals surface area contributed by atoms with Crippen LogP contribution in [0.4, 0.5) is 0 Å². The van der Waals surface area contributed by atoms with Crippen LogP contribution in [-0.4, -0.2) is 73.8 Å². The summed E-state index contributed by atoms with van der Waals surface area (Å²) in [6.45, 7) is 8.26. The highest BCUT2D eigenvalue weighted by Gasteiger charge is 2.19. The minimum atomic E-state index is 0.0941. The van der Waals surface area contributed by atoms with E-state index < -0.39 is 0 Å². The van der Waals surface area contributed by atoms with Crippen LogP contribution in [0.15, 0.2) is 10.6 Å². The molecule has 1 fully saturated rings. The number of hydrogen-bond acceptors (Lipinski definition) is 6. The van der Waals surface area contributed by atoms with Gasteiger partial charge in [-0.1, -0.05) is 5.16 Å². The Hall–Kier alpha value is -1.44. The number of hydrogen-bond donors (Lipinski definition) is 1. The highest BCUT2D eigenvalue weighted by Crippen LogP contribution is 2.08. The van der Waals surface area contributed by atoms with E-state index in [1.807, 2.05) is 13.0 Å². The van der Waals surface area contributed by atoms with E-state index >= 15 is 0 Å². The predicted molar refractivity (Wildman–Crippen MR) is 82.5 cm³/mol. The Balaban J connectivity index is 1.61. The normalized spacial score (nSPS) is 16.8. The van der Waals surface area contributed by atoms with Crippen LogP contribution in [0.1, 0.15) is 17.9 Å². The average Bonchev–Trinajstić information content (AvgIpc) is 2.91. The number of carbonyl (C=O) groups is 1. The maximum Gasteiger partial charge on any atom is 0.234 e. The van der Waals surface area contributed by atoms with Crippen molar-refractivity contribution in [3.8, 4) is 0 Å². The zero-order chi connectivity index (χ0) is 15.8. The molecule has 0 atom stereocenters. The third-order valence-corrected chi connectivity index (χ3v) is 3.74. The van der Waals surface area contributed by atoms with Crippen LogP contribution in [0.5, 0.6) is 0 Å². The average molecular weight is 310 g/mol. The lowest BCUT2D eigenvalue weighted by Crippen LogP contribution is -2.49.